The Morgan fingerprint density at radius 3 is 2.78 bits per heavy atom. The normalized spacial score (nSPS) is 17.1. The van der Waals surface area contributed by atoms with Crippen molar-refractivity contribution in [3.8, 4) is 0 Å². The molecule has 1 aromatic heterocycles. The van der Waals surface area contributed by atoms with Crippen molar-refractivity contribution in [2.75, 3.05) is 23.3 Å². The van der Waals surface area contributed by atoms with Crippen molar-refractivity contribution in [2.24, 2.45) is 5.92 Å². The van der Waals surface area contributed by atoms with Crippen LogP contribution in [0, 0.1) is 19.8 Å². The van der Waals surface area contributed by atoms with Gasteiger partial charge in [0.15, 0.2) is 0 Å². The van der Waals surface area contributed by atoms with Gasteiger partial charge in [-0.2, -0.15) is 0 Å². The molecular formula is C22H24N4O. The van der Waals surface area contributed by atoms with Crippen molar-refractivity contribution in [3.63, 3.8) is 0 Å². The first-order valence-corrected chi connectivity index (χ1v) is 9.45. The highest BCUT2D eigenvalue weighted by Gasteiger charge is 2.27. The lowest BCUT2D eigenvalue weighted by molar-refractivity contribution is -0.120. The van der Waals surface area contributed by atoms with Crippen LogP contribution in [0.3, 0.4) is 0 Å². The fourth-order valence-corrected chi connectivity index (χ4v) is 3.69. The van der Waals surface area contributed by atoms with Crippen LogP contribution >= 0.6 is 0 Å². The molecule has 1 aliphatic rings. The summed E-state index contributed by atoms with van der Waals surface area (Å²) in [6, 6.07) is 14.0. The molecule has 5 heteroatoms. The van der Waals surface area contributed by atoms with E-state index in [1.807, 2.05) is 49.5 Å². The number of aromatic nitrogens is 2. The number of nitrogens with one attached hydrogen (secondary N) is 1. The lowest BCUT2D eigenvalue weighted by Crippen LogP contribution is -2.41. The second kappa shape index (κ2) is 7.35. The van der Waals surface area contributed by atoms with Gasteiger partial charge in [-0.25, -0.2) is 4.98 Å². The highest BCUT2D eigenvalue weighted by atomic mass is 16.1. The van der Waals surface area contributed by atoms with Crippen LogP contribution in [0.15, 0.2) is 48.7 Å². The first kappa shape index (κ1) is 17.5. The lowest BCUT2D eigenvalue weighted by Gasteiger charge is -2.32. The van der Waals surface area contributed by atoms with Crippen molar-refractivity contribution in [1.29, 1.82) is 0 Å². The molecule has 2 aromatic carbocycles. The first-order valence-electron chi connectivity index (χ1n) is 9.45. The van der Waals surface area contributed by atoms with Gasteiger partial charge in [0.05, 0.1) is 23.1 Å². The Balaban J connectivity index is 1.49. The summed E-state index contributed by atoms with van der Waals surface area (Å²) in [4.78, 5) is 24.2. The fourth-order valence-electron chi connectivity index (χ4n) is 3.69. The predicted molar refractivity (Wildman–Crippen MR) is 109 cm³/mol. The van der Waals surface area contributed by atoms with Gasteiger partial charge in [0.25, 0.3) is 0 Å². The summed E-state index contributed by atoms with van der Waals surface area (Å²) in [5.41, 5.74) is 4.97. The summed E-state index contributed by atoms with van der Waals surface area (Å²) in [7, 11) is 0. The fraction of sp³-hybridized carbons (Fsp3) is 0.318. The molecule has 1 atom stereocenters. The molecule has 27 heavy (non-hydrogen) atoms. The number of benzene rings is 2. The number of amides is 1. The average molecular weight is 360 g/mol. The minimum absolute atomic E-state index is 0.0484. The van der Waals surface area contributed by atoms with Crippen LogP contribution in [-0.4, -0.2) is 29.0 Å². The van der Waals surface area contributed by atoms with E-state index in [2.05, 4.69) is 28.2 Å². The average Bonchev–Trinajstić information content (AvgIpc) is 2.70. The van der Waals surface area contributed by atoms with Gasteiger partial charge < -0.3 is 10.2 Å². The van der Waals surface area contributed by atoms with Crippen LogP contribution < -0.4 is 10.2 Å². The van der Waals surface area contributed by atoms with Crippen molar-refractivity contribution < 1.29 is 4.79 Å². The van der Waals surface area contributed by atoms with Crippen molar-refractivity contribution >= 4 is 28.4 Å². The maximum atomic E-state index is 12.8. The number of anilines is 2. The minimum Gasteiger partial charge on any atom is -0.355 e. The Morgan fingerprint density at radius 2 is 1.96 bits per heavy atom. The molecular weight excluding hydrogens is 336 g/mol. The quantitative estimate of drug-likeness (QED) is 0.764. The molecule has 2 heterocycles. The van der Waals surface area contributed by atoms with Crippen molar-refractivity contribution in [3.05, 3.63) is 59.8 Å². The Labute approximate surface area is 159 Å². The zero-order valence-corrected chi connectivity index (χ0v) is 15.8. The molecule has 4 rings (SSSR count). The molecule has 1 amide bonds. The summed E-state index contributed by atoms with van der Waals surface area (Å²) < 4.78 is 0. The monoisotopic (exact) mass is 360 g/mol. The van der Waals surface area contributed by atoms with E-state index in [0.29, 0.717) is 6.54 Å². The molecule has 0 saturated carbocycles. The number of carbonyl (C=O) groups is 1. The van der Waals surface area contributed by atoms with Gasteiger partial charge >= 0.3 is 0 Å². The first-order chi connectivity index (χ1) is 13.1. The molecule has 0 aliphatic carbocycles. The molecule has 138 valence electrons. The number of hydrogen-bond donors (Lipinski definition) is 1. The second-order valence-electron chi connectivity index (χ2n) is 7.31. The summed E-state index contributed by atoms with van der Waals surface area (Å²) in [5.74, 6) is 0.880. The smallest absolute Gasteiger partial charge is 0.229 e. The second-order valence-corrected chi connectivity index (χ2v) is 7.31. The maximum Gasteiger partial charge on any atom is 0.229 e. The summed E-state index contributed by atoms with van der Waals surface area (Å²) >= 11 is 0. The number of aryl methyl sites for hydroxylation is 2. The van der Waals surface area contributed by atoms with E-state index >= 15 is 0 Å². The number of nitrogens with zero attached hydrogens (tertiary/aromatic N) is 3. The zero-order valence-electron chi connectivity index (χ0n) is 15.8. The largest absolute Gasteiger partial charge is 0.355 e. The standard InChI is InChI=1S/C22H24N4O/c1-15-9-10-18(16(2)12-15)25-22(27)17-6-5-11-26(14-17)21-13-23-19-7-3-4-8-20(19)24-21/h3-4,7-10,12-13,17H,5-6,11,14H2,1-2H3,(H,25,27)/t17-/m1/s1. The van der Waals surface area contributed by atoms with Crippen LogP contribution in [0.5, 0.6) is 0 Å². The Morgan fingerprint density at radius 1 is 1.15 bits per heavy atom. The molecule has 0 spiro atoms. The lowest BCUT2D eigenvalue weighted by atomic mass is 9.97. The van der Waals surface area contributed by atoms with Crippen LogP contribution in [0.1, 0.15) is 24.0 Å². The van der Waals surface area contributed by atoms with E-state index in [-0.39, 0.29) is 11.8 Å². The summed E-state index contributed by atoms with van der Waals surface area (Å²) in [6.45, 7) is 5.66. The predicted octanol–water partition coefficient (Wildman–Crippen LogP) is 4.10. The third-order valence-electron chi connectivity index (χ3n) is 5.19. The summed E-state index contributed by atoms with van der Waals surface area (Å²) in [5, 5.41) is 3.11. The van der Waals surface area contributed by atoms with E-state index in [9.17, 15) is 4.79 Å². The maximum absolute atomic E-state index is 12.8. The Bertz CT molecular complexity index is 985. The van der Waals surface area contributed by atoms with Gasteiger partial charge in [-0.1, -0.05) is 29.8 Å². The molecule has 0 unspecified atom stereocenters. The minimum atomic E-state index is -0.0484. The molecule has 1 fully saturated rings. The zero-order chi connectivity index (χ0) is 18.8. The third kappa shape index (κ3) is 3.77. The molecule has 1 N–H and O–H groups in total. The number of fused-ring (bicyclic) bond motifs is 1. The SMILES string of the molecule is Cc1ccc(NC(=O)[C@@H]2CCCN(c3cnc4ccccc4n3)C2)c(C)c1. The van der Waals surface area contributed by atoms with Gasteiger partial charge in [-0.3, -0.25) is 9.78 Å². The van der Waals surface area contributed by atoms with Gasteiger partial charge in [-0.05, 0) is 50.5 Å². The van der Waals surface area contributed by atoms with Crippen molar-refractivity contribution in [2.45, 2.75) is 26.7 Å². The molecule has 1 aliphatic heterocycles. The highest BCUT2D eigenvalue weighted by molar-refractivity contribution is 5.93. The summed E-state index contributed by atoms with van der Waals surface area (Å²) in [6.07, 6.45) is 3.68. The van der Waals surface area contributed by atoms with Gasteiger partial charge in [-0.15, -0.1) is 0 Å². The highest BCUT2D eigenvalue weighted by Crippen LogP contribution is 2.25. The Hall–Kier alpha value is -2.95. The number of hydrogen-bond acceptors (Lipinski definition) is 4. The molecule has 1 saturated heterocycles. The van der Waals surface area contributed by atoms with E-state index in [4.69, 9.17) is 4.98 Å². The number of para-hydroxylation sites is 2. The molecule has 0 radical (unpaired) electrons. The van der Waals surface area contributed by atoms with Gasteiger partial charge in [0, 0.05) is 18.8 Å². The van der Waals surface area contributed by atoms with Gasteiger partial charge in [0.1, 0.15) is 5.82 Å². The van der Waals surface area contributed by atoms with E-state index in [1.165, 1.54) is 5.56 Å². The van der Waals surface area contributed by atoms with E-state index in [1.54, 1.807) is 0 Å². The van der Waals surface area contributed by atoms with Crippen LogP contribution in [-0.2, 0) is 4.79 Å². The molecule has 3 aromatic rings. The number of piperidine rings is 1. The van der Waals surface area contributed by atoms with Crippen LogP contribution in [0.4, 0.5) is 11.5 Å². The van der Waals surface area contributed by atoms with Gasteiger partial charge in [0.2, 0.25) is 5.91 Å². The number of rotatable bonds is 3. The van der Waals surface area contributed by atoms with E-state index < -0.39 is 0 Å². The van der Waals surface area contributed by atoms with E-state index in [0.717, 1.165) is 47.5 Å². The Kier molecular flexibility index (Phi) is 4.75. The van der Waals surface area contributed by atoms with Crippen molar-refractivity contribution in [1.82, 2.24) is 9.97 Å². The van der Waals surface area contributed by atoms with Crippen LogP contribution in [0.2, 0.25) is 0 Å². The topological polar surface area (TPSA) is 58.1 Å². The molecule has 0 bridgehead atoms. The molecule has 5 nitrogen and oxygen atoms in total. The third-order valence-corrected chi connectivity index (χ3v) is 5.19. The van der Waals surface area contributed by atoms with Crippen LogP contribution in [0.25, 0.3) is 11.0 Å². The number of carbonyl (C=O) groups excluding carboxylic acids is 1.